The average molecular weight is 543 g/mol. The summed E-state index contributed by atoms with van der Waals surface area (Å²) in [5, 5.41) is 0.409. The van der Waals surface area contributed by atoms with E-state index in [2.05, 4.69) is 4.99 Å². The Hall–Kier alpha value is -3.76. The predicted octanol–water partition coefficient (Wildman–Crippen LogP) is 3.20. The molecule has 3 aromatic rings. The molecule has 37 heavy (non-hydrogen) atoms. The number of allylic oxidation sites excluding steroid dienone is 1. The number of esters is 1. The Balaban J connectivity index is 1.74. The highest BCUT2D eigenvalue weighted by Crippen LogP contribution is 2.38. The number of aromatic nitrogens is 1. The number of nitrogens with zero attached hydrogens (tertiary/aromatic N) is 2. The Labute approximate surface area is 220 Å². The summed E-state index contributed by atoms with van der Waals surface area (Å²) in [5.74, 6) is 1.56. The third-order valence-corrected chi connectivity index (χ3v) is 7.34. The number of carbonyl (C=O) groups is 1. The van der Waals surface area contributed by atoms with Crippen LogP contribution in [0.4, 0.5) is 0 Å². The summed E-state index contributed by atoms with van der Waals surface area (Å²) in [6.45, 7) is 3.73. The molecule has 0 bridgehead atoms. The third kappa shape index (κ3) is 4.36. The summed E-state index contributed by atoms with van der Waals surface area (Å²) in [6, 6.07) is 7.77. The average Bonchev–Trinajstić information content (AvgIpc) is 3.46. The molecule has 0 saturated carbocycles. The molecule has 0 N–H and O–H groups in total. The summed E-state index contributed by atoms with van der Waals surface area (Å²) in [7, 11) is 3.07. The first-order valence-electron chi connectivity index (χ1n) is 11.4. The summed E-state index contributed by atoms with van der Waals surface area (Å²) in [5.41, 5.74) is 1.56. The van der Waals surface area contributed by atoms with E-state index in [9.17, 15) is 9.59 Å². The number of ether oxygens (including phenoxy) is 5. The second-order valence-corrected chi connectivity index (χ2v) is 9.55. The van der Waals surface area contributed by atoms with Crippen molar-refractivity contribution in [3.8, 4) is 23.0 Å². The molecule has 0 aliphatic carbocycles. The standard InChI is InChI=1S/C26H23ClN2O7S/c1-5-34-25(31)22-13(2)28-26-29(23(22)16-7-6-15(32-3)10-18(16)33-4)24(30)21(37-26)9-14-8-19-20(11-17(14)27)36-12-35-19/h6-11,23H,5,12H2,1-4H3/b21-9+/t23-/m0/s1. The number of methoxy groups -OCH3 is 2. The van der Waals surface area contributed by atoms with Gasteiger partial charge in [-0.1, -0.05) is 22.9 Å². The molecule has 0 spiro atoms. The van der Waals surface area contributed by atoms with Crippen molar-refractivity contribution in [3.63, 3.8) is 0 Å². The minimum absolute atomic E-state index is 0.108. The molecular formula is C26H23ClN2O7S. The Bertz CT molecular complexity index is 1620. The number of thiazole rings is 1. The van der Waals surface area contributed by atoms with E-state index in [0.29, 0.717) is 54.2 Å². The number of halogens is 1. The number of hydrogen-bond donors (Lipinski definition) is 0. The molecule has 2 aliphatic heterocycles. The van der Waals surface area contributed by atoms with Crippen molar-refractivity contribution < 1.29 is 28.5 Å². The molecule has 9 nitrogen and oxygen atoms in total. The van der Waals surface area contributed by atoms with Crippen molar-refractivity contribution in [2.75, 3.05) is 27.6 Å². The van der Waals surface area contributed by atoms with Gasteiger partial charge in [-0.2, -0.15) is 0 Å². The predicted molar refractivity (Wildman–Crippen MR) is 138 cm³/mol. The van der Waals surface area contributed by atoms with Gasteiger partial charge in [0.1, 0.15) is 17.5 Å². The largest absolute Gasteiger partial charge is 0.497 e. The van der Waals surface area contributed by atoms with E-state index in [1.54, 1.807) is 57.4 Å². The number of rotatable bonds is 6. The lowest BCUT2D eigenvalue weighted by Crippen LogP contribution is -2.40. The third-order valence-electron chi connectivity index (χ3n) is 6.03. The Morgan fingerprint density at radius 1 is 1.22 bits per heavy atom. The van der Waals surface area contributed by atoms with Gasteiger partial charge >= 0.3 is 5.97 Å². The quantitative estimate of drug-likeness (QED) is 0.441. The van der Waals surface area contributed by atoms with Crippen LogP contribution in [0, 0.1) is 0 Å². The molecule has 5 rings (SSSR count). The summed E-state index contributed by atoms with van der Waals surface area (Å²) < 4.78 is 29.0. The Kier molecular flexibility index (Phi) is 6.70. The van der Waals surface area contributed by atoms with Crippen molar-refractivity contribution >= 4 is 35.0 Å². The highest BCUT2D eigenvalue weighted by atomic mass is 35.5. The van der Waals surface area contributed by atoms with Crippen LogP contribution in [0.5, 0.6) is 23.0 Å². The van der Waals surface area contributed by atoms with Gasteiger partial charge in [0.15, 0.2) is 16.3 Å². The first kappa shape index (κ1) is 24.9. The van der Waals surface area contributed by atoms with Crippen LogP contribution >= 0.6 is 22.9 Å². The van der Waals surface area contributed by atoms with Crippen molar-refractivity contribution in [1.29, 1.82) is 0 Å². The fraction of sp³-hybridized carbons (Fsp3) is 0.269. The molecule has 0 fully saturated rings. The van der Waals surface area contributed by atoms with Crippen molar-refractivity contribution in [2.45, 2.75) is 19.9 Å². The molecule has 2 aliphatic rings. The van der Waals surface area contributed by atoms with E-state index in [0.717, 1.165) is 0 Å². The minimum atomic E-state index is -0.828. The molecule has 0 radical (unpaired) electrons. The van der Waals surface area contributed by atoms with Gasteiger partial charge in [-0.05, 0) is 43.7 Å². The van der Waals surface area contributed by atoms with Gasteiger partial charge in [-0.15, -0.1) is 0 Å². The topological polar surface area (TPSA) is 97.6 Å². The maximum absolute atomic E-state index is 13.8. The van der Waals surface area contributed by atoms with Gasteiger partial charge in [0.25, 0.3) is 5.56 Å². The molecule has 192 valence electrons. The lowest BCUT2D eigenvalue weighted by Gasteiger charge is -2.26. The molecule has 0 saturated heterocycles. The highest BCUT2D eigenvalue weighted by molar-refractivity contribution is 7.07. The summed E-state index contributed by atoms with van der Waals surface area (Å²) >= 11 is 7.65. The lowest BCUT2D eigenvalue weighted by atomic mass is 9.95. The van der Waals surface area contributed by atoms with Crippen molar-refractivity contribution in [1.82, 2.24) is 4.57 Å². The van der Waals surface area contributed by atoms with Crippen LogP contribution in [-0.2, 0) is 9.53 Å². The number of hydrogen-bond acceptors (Lipinski definition) is 9. The van der Waals surface area contributed by atoms with Gasteiger partial charge in [-0.3, -0.25) is 9.36 Å². The number of fused-ring (bicyclic) bond motifs is 2. The smallest absolute Gasteiger partial charge is 0.338 e. The van der Waals surface area contributed by atoms with Crippen molar-refractivity contribution in [2.24, 2.45) is 4.99 Å². The van der Waals surface area contributed by atoms with E-state index in [1.165, 1.54) is 23.0 Å². The van der Waals surface area contributed by atoms with Gasteiger partial charge in [0.05, 0.1) is 41.7 Å². The molecule has 0 amide bonds. The first-order chi connectivity index (χ1) is 17.9. The first-order valence-corrected chi connectivity index (χ1v) is 12.6. The summed E-state index contributed by atoms with van der Waals surface area (Å²) in [6.07, 6.45) is 1.68. The minimum Gasteiger partial charge on any atom is -0.497 e. The van der Waals surface area contributed by atoms with Crippen LogP contribution in [0.1, 0.15) is 31.0 Å². The van der Waals surface area contributed by atoms with Gasteiger partial charge in [0, 0.05) is 17.7 Å². The summed E-state index contributed by atoms with van der Waals surface area (Å²) in [4.78, 5) is 32.0. The zero-order valence-corrected chi connectivity index (χ0v) is 22.1. The number of benzene rings is 2. The van der Waals surface area contributed by atoms with Gasteiger partial charge in [-0.25, -0.2) is 9.79 Å². The van der Waals surface area contributed by atoms with Crippen LogP contribution in [0.3, 0.4) is 0 Å². The Morgan fingerprint density at radius 3 is 2.68 bits per heavy atom. The maximum Gasteiger partial charge on any atom is 0.338 e. The van der Waals surface area contributed by atoms with Crippen LogP contribution < -0.4 is 33.8 Å². The molecule has 0 unspecified atom stereocenters. The zero-order valence-electron chi connectivity index (χ0n) is 20.5. The van der Waals surface area contributed by atoms with Crippen LogP contribution in [0.25, 0.3) is 6.08 Å². The van der Waals surface area contributed by atoms with Crippen molar-refractivity contribution in [3.05, 3.63) is 77.4 Å². The van der Waals surface area contributed by atoms with Crippen LogP contribution in [0.2, 0.25) is 5.02 Å². The highest BCUT2D eigenvalue weighted by Gasteiger charge is 2.35. The molecule has 3 heterocycles. The number of carbonyl (C=O) groups excluding carboxylic acids is 1. The fourth-order valence-electron chi connectivity index (χ4n) is 4.31. The van der Waals surface area contributed by atoms with Gasteiger partial charge < -0.3 is 23.7 Å². The van der Waals surface area contributed by atoms with E-state index in [1.807, 2.05) is 0 Å². The Morgan fingerprint density at radius 2 is 1.97 bits per heavy atom. The van der Waals surface area contributed by atoms with Crippen LogP contribution in [0.15, 0.2) is 51.4 Å². The van der Waals surface area contributed by atoms with E-state index in [4.69, 9.17) is 35.3 Å². The second kappa shape index (κ2) is 9.95. The van der Waals surface area contributed by atoms with E-state index < -0.39 is 12.0 Å². The molecule has 1 atom stereocenters. The van der Waals surface area contributed by atoms with Gasteiger partial charge in [0.2, 0.25) is 6.79 Å². The van der Waals surface area contributed by atoms with E-state index in [-0.39, 0.29) is 24.5 Å². The van der Waals surface area contributed by atoms with E-state index >= 15 is 0 Å². The molecule has 2 aromatic carbocycles. The zero-order chi connectivity index (χ0) is 26.3. The SMILES string of the molecule is CCOC(=O)C1=C(C)N=c2s/c(=C/c3cc4c(cc3Cl)OCO4)c(=O)n2[C@H]1c1ccc(OC)cc1OC. The second-order valence-electron chi connectivity index (χ2n) is 8.14. The van der Waals surface area contributed by atoms with Crippen LogP contribution in [-0.4, -0.2) is 38.2 Å². The molecule has 11 heteroatoms. The lowest BCUT2D eigenvalue weighted by molar-refractivity contribution is -0.139. The maximum atomic E-state index is 13.8. The monoisotopic (exact) mass is 542 g/mol. The molecule has 1 aromatic heterocycles. The fourth-order valence-corrected chi connectivity index (χ4v) is 5.56. The normalized spacial score (nSPS) is 16.4. The molecular weight excluding hydrogens is 520 g/mol.